The summed E-state index contributed by atoms with van der Waals surface area (Å²) in [5.41, 5.74) is 0.391. The molecule has 0 aliphatic rings. The van der Waals surface area contributed by atoms with Crippen LogP contribution in [0.3, 0.4) is 0 Å². The van der Waals surface area contributed by atoms with Gasteiger partial charge in [-0.25, -0.2) is 8.42 Å². The maximum atomic E-state index is 10.7. The number of rotatable bonds is 2. The summed E-state index contributed by atoms with van der Waals surface area (Å²) in [5.74, 6) is 0. The van der Waals surface area contributed by atoms with E-state index in [-0.39, 0.29) is 0 Å². The van der Waals surface area contributed by atoms with Crippen LogP contribution in [-0.2, 0) is 10.0 Å². The largest absolute Gasteiger partial charge is 0.283 e. The van der Waals surface area contributed by atoms with Gasteiger partial charge in [-0.15, -0.1) is 0 Å². The smallest absolute Gasteiger partial charge is 0.229 e. The lowest BCUT2D eigenvalue weighted by Gasteiger charge is -2.01. The van der Waals surface area contributed by atoms with Crippen LogP contribution in [0.2, 0.25) is 5.02 Å². The van der Waals surface area contributed by atoms with Crippen LogP contribution in [0.5, 0.6) is 0 Å². The predicted octanol–water partition coefficient (Wildman–Crippen LogP) is 1.51. The predicted molar refractivity (Wildman–Crippen MR) is 48.8 cm³/mol. The molecule has 1 aromatic rings. The van der Waals surface area contributed by atoms with E-state index in [1.54, 1.807) is 12.1 Å². The Morgan fingerprint density at radius 3 is 2.58 bits per heavy atom. The van der Waals surface area contributed by atoms with E-state index in [4.69, 9.17) is 11.6 Å². The molecule has 0 fully saturated rings. The van der Waals surface area contributed by atoms with Crippen LogP contribution in [0, 0.1) is 6.07 Å². The fraction of sp³-hybridized carbons (Fsp3) is 0.143. The molecule has 0 bridgehead atoms. The van der Waals surface area contributed by atoms with E-state index < -0.39 is 10.0 Å². The van der Waals surface area contributed by atoms with Gasteiger partial charge in [0, 0.05) is 11.1 Å². The highest BCUT2D eigenvalue weighted by molar-refractivity contribution is 7.92. The van der Waals surface area contributed by atoms with Gasteiger partial charge < -0.3 is 0 Å². The topological polar surface area (TPSA) is 46.2 Å². The Bertz CT molecular complexity index is 357. The molecule has 3 nitrogen and oxygen atoms in total. The van der Waals surface area contributed by atoms with Gasteiger partial charge >= 0.3 is 0 Å². The molecule has 0 saturated carbocycles. The maximum Gasteiger partial charge on any atom is 0.229 e. The van der Waals surface area contributed by atoms with E-state index in [0.717, 1.165) is 6.26 Å². The molecule has 1 aromatic carbocycles. The van der Waals surface area contributed by atoms with E-state index in [9.17, 15) is 8.42 Å². The zero-order valence-electron chi connectivity index (χ0n) is 6.33. The van der Waals surface area contributed by atoms with E-state index in [1.807, 2.05) is 0 Å². The normalized spacial score (nSPS) is 11.2. The quantitative estimate of drug-likeness (QED) is 0.794. The third-order valence-corrected chi connectivity index (χ3v) is 1.90. The summed E-state index contributed by atoms with van der Waals surface area (Å²) in [5, 5.41) is 0.522. The van der Waals surface area contributed by atoms with Crippen molar-refractivity contribution in [2.45, 2.75) is 0 Å². The van der Waals surface area contributed by atoms with Gasteiger partial charge in [0.2, 0.25) is 10.0 Å². The van der Waals surface area contributed by atoms with Crippen molar-refractivity contribution in [3.8, 4) is 0 Å². The molecule has 0 aromatic heterocycles. The van der Waals surface area contributed by atoms with Gasteiger partial charge in [-0.2, -0.15) is 0 Å². The molecule has 0 amide bonds. The van der Waals surface area contributed by atoms with Crippen molar-refractivity contribution in [2.24, 2.45) is 0 Å². The second kappa shape index (κ2) is 3.33. The standard InChI is InChI=1S/C7H7ClNO2S/c1-12(10,11)9-7-4-2-6(8)3-5-7/h2-4,9H,1H3. The Morgan fingerprint density at radius 1 is 1.50 bits per heavy atom. The molecule has 65 valence electrons. The maximum absolute atomic E-state index is 10.7. The van der Waals surface area contributed by atoms with E-state index >= 15 is 0 Å². The van der Waals surface area contributed by atoms with Gasteiger partial charge in [0.1, 0.15) is 0 Å². The molecule has 1 radical (unpaired) electrons. The molecule has 1 N–H and O–H groups in total. The van der Waals surface area contributed by atoms with Crippen LogP contribution >= 0.6 is 11.6 Å². The SMILES string of the molecule is CS(=O)(=O)Nc1[c]cc(Cl)cc1. The Hall–Kier alpha value is -0.740. The summed E-state index contributed by atoms with van der Waals surface area (Å²) in [4.78, 5) is 0. The van der Waals surface area contributed by atoms with Crippen molar-refractivity contribution in [1.29, 1.82) is 0 Å². The number of hydrogen-bond donors (Lipinski definition) is 1. The van der Waals surface area contributed by atoms with Crippen LogP contribution in [0.25, 0.3) is 0 Å². The fourth-order valence-corrected chi connectivity index (χ4v) is 1.31. The number of anilines is 1. The number of hydrogen-bond acceptors (Lipinski definition) is 2. The van der Waals surface area contributed by atoms with Crippen LogP contribution in [0.1, 0.15) is 0 Å². The highest BCUT2D eigenvalue weighted by Gasteiger charge is 2.00. The van der Waals surface area contributed by atoms with Crippen molar-refractivity contribution >= 4 is 27.3 Å². The summed E-state index contributed by atoms with van der Waals surface area (Å²) < 4.78 is 23.7. The molecule has 0 heterocycles. The van der Waals surface area contributed by atoms with Crippen molar-refractivity contribution in [3.05, 3.63) is 29.3 Å². The fourth-order valence-electron chi connectivity index (χ4n) is 0.669. The number of sulfonamides is 1. The highest BCUT2D eigenvalue weighted by atomic mass is 35.5. The van der Waals surface area contributed by atoms with Gasteiger partial charge in [0.05, 0.1) is 11.9 Å². The van der Waals surface area contributed by atoms with Crippen LogP contribution < -0.4 is 4.72 Å². The summed E-state index contributed by atoms with van der Waals surface area (Å²) in [6.45, 7) is 0. The van der Waals surface area contributed by atoms with Crippen LogP contribution in [0.4, 0.5) is 5.69 Å². The minimum absolute atomic E-state index is 0.391. The van der Waals surface area contributed by atoms with E-state index in [1.165, 1.54) is 6.07 Å². The zero-order chi connectivity index (χ0) is 9.19. The van der Waals surface area contributed by atoms with Gasteiger partial charge in [-0.3, -0.25) is 4.72 Å². The Morgan fingerprint density at radius 2 is 2.17 bits per heavy atom. The molecule has 0 unspecified atom stereocenters. The minimum Gasteiger partial charge on any atom is -0.283 e. The molecule has 0 saturated heterocycles. The number of nitrogens with one attached hydrogen (secondary N) is 1. The molecule has 0 spiro atoms. The third kappa shape index (κ3) is 3.11. The van der Waals surface area contributed by atoms with Gasteiger partial charge in [0.15, 0.2) is 0 Å². The average Bonchev–Trinajstić information content (AvgIpc) is 1.91. The lowest BCUT2D eigenvalue weighted by Crippen LogP contribution is -2.09. The van der Waals surface area contributed by atoms with E-state index in [2.05, 4.69) is 10.8 Å². The first-order valence-electron chi connectivity index (χ1n) is 3.12. The Kier molecular flexibility index (Phi) is 2.59. The monoisotopic (exact) mass is 204 g/mol. The molecule has 12 heavy (non-hydrogen) atoms. The van der Waals surface area contributed by atoms with Gasteiger partial charge in [-0.05, 0) is 18.2 Å². The molecule has 5 heteroatoms. The number of halogens is 1. The summed E-state index contributed by atoms with van der Waals surface area (Å²) in [7, 11) is -3.21. The summed E-state index contributed by atoms with van der Waals surface area (Å²) >= 11 is 5.57. The first-order chi connectivity index (χ1) is 5.47. The minimum atomic E-state index is -3.21. The second-order valence-electron chi connectivity index (χ2n) is 2.29. The van der Waals surface area contributed by atoms with Gasteiger partial charge in [0.25, 0.3) is 0 Å². The van der Waals surface area contributed by atoms with Gasteiger partial charge in [-0.1, -0.05) is 11.6 Å². The second-order valence-corrected chi connectivity index (χ2v) is 4.48. The van der Waals surface area contributed by atoms with E-state index in [0.29, 0.717) is 10.7 Å². The molecular weight excluding hydrogens is 198 g/mol. The molecular formula is C7H7ClNO2S. The van der Waals surface area contributed by atoms with Crippen LogP contribution in [0.15, 0.2) is 18.2 Å². The third-order valence-electron chi connectivity index (χ3n) is 1.07. The highest BCUT2D eigenvalue weighted by Crippen LogP contribution is 2.13. The summed E-state index contributed by atoms with van der Waals surface area (Å²) in [6, 6.07) is 7.30. The average molecular weight is 205 g/mol. The summed E-state index contributed by atoms with van der Waals surface area (Å²) in [6.07, 6.45) is 1.08. The van der Waals surface area contributed by atoms with Crippen molar-refractivity contribution in [1.82, 2.24) is 0 Å². The van der Waals surface area contributed by atoms with Crippen molar-refractivity contribution in [2.75, 3.05) is 11.0 Å². The molecule has 0 atom stereocenters. The Labute approximate surface area is 76.4 Å². The van der Waals surface area contributed by atoms with Crippen molar-refractivity contribution in [3.63, 3.8) is 0 Å². The zero-order valence-corrected chi connectivity index (χ0v) is 7.91. The lowest BCUT2D eigenvalue weighted by molar-refractivity contribution is 0.607. The Balaban J connectivity index is 2.85. The first kappa shape index (κ1) is 9.35. The number of benzene rings is 1. The molecule has 1 rings (SSSR count). The molecule has 0 aliphatic carbocycles. The van der Waals surface area contributed by atoms with Crippen LogP contribution in [-0.4, -0.2) is 14.7 Å². The van der Waals surface area contributed by atoms with Crippen molar-refractivity contribution < 1.29 is 8.42 Å². The lowest BCUT2D eigenvalue weighted by atomic mass is 10.3. The molecule has 0 aliphatic heterocycles. The first-order valence-corrected chi connectivity index (χ1v) is 5.39.